The molecular formula is C12H21BrN4O. The van der Waals surface area contributed by atoms with E-state index in [1.54, 1.807) is 0 Å². The van der Waals surface area contributed by atoms with Crippen LogP contribution < -0.4 is 5.32 Å². The number of rotatable bonds is 6. The number of nitrogens with zero attached hydrogens (tertiary/aromatic N) is 3. The van der Waals surface area contributed by atoms with Crippen molar-refractivity contribution >= 4 is 15.9 Å². The summed E-state index contributed by atoms with van der Waals surface area (Å²) in [5, 5.41) is 11.7. The van der Waals surface area contributed by atoms with Crippen molar-refractivity contribution < 1.29 is 4.74 Å². The monoisotopic (exact) mass is 316 g/mol. The van der Waals surface area contributed by atoms with Crippen LogP contribution in [0.4, 0.5) is 0 Å². The van der Waals surface area contributed by atoms with Crippen molar-refractivity contribution in [3.05, 3.63) is 10.3 Å². The molecular weight excluding hydrogens is 296 g/mol. The third kappa shape index (κ3) is 3.30. The van der Waals surface area contributed by atoms with Crippen LogP contribution in [0.5, 0.6) is 0 Å². The molecule has 0 radical (unpaired) electrons. The molecule has 1 aromatic heterocycles. The van der Waals surface area contributed by atoms with Crippen LogP contribution in [0, 0.1) is 5.92 Å². The average molecular weight is 317 g/mol. The van der Waals surface area contributed by atoms with Gasteiger partial charge in [-0.2, -0.15) is 0 Å². The van der Waals surface area contributed by atoms with Crippen molar-refractivity contribution in [2.45, 2.75) is 32.2 Å². The first-order chi connectivity index (χ1) is 8.72. The van der Waals surface area contributed by atoms with Crippen molar-refractivity contribution in [3.63, 3.8) is 0 Å². The Labute approximate surface area is 116 Å². The van der Waals surface area contributed by atoms with Gasteiger partial charge in [0.2, 0.25) is 0 Å². The van der Waals surface area contributed by atoms with Gasteiger partial charge in [-0.15, -0.1) is 5.10 Å². The smallest absolute Gasteiger partial charge is 0.153 e. The maximum atomic E-state index is 5.46. The van der Waals surface area contributed by atoms with Gasteiger partial charge in [-0.25, -0.2) is 4.68 Å². The molecule has 1 aliphatic heterocycles. The summed E-state index contributed by atoms with van der Waals surface area (Å²) in [5.41, 5.74) is 1.13. The molecule has 2 atom stereocenters. The minimum absolute atomic E-state index is 0.297. The van der Waals surface area contributed by atoms with E-state index in [1.807, 2.05) is 11.7 Å². The standard InChI is InChI=1S/C12H21BrN4O/c1-3-5-14-10(7-9-4-6-18-8-9)11-12(13)15-16-17(11)2/h9-10,14H,3-8H2,1-2H3. The predicted molar refractivity (Wildman–Crippen MR) is 73.3 cm³/mol. The van der Waals surface area contributed by atoms with Gasteiger partial charge in [-0.1, -0.05) is 12.1 Å². The van der Waals surface area contributed by atoms with Gasteiger partial charge in [-0.3, -0.25) is 0 Å². The molecule has 1 aromatic rings. The molecule has 0 bridgehead atoms. The number of aromatic nitrogens is 3. The lowest BCUT2D eigenvalue weighted by Crippen LogP contribution is -2.27. The molecule has 18 heavy (non-hydrogen) atoms. The molecule has 2 heterocycles. The normalized spacial score (nSPS) is 21.4. The Morgan fingerprint density at radius 1 is 1.61 bits per heavy atom. The topological polar surface area (TPSA) is 52.0 Å². The van der Waals surface area contributed by atoms with Gasteiger partial charge in [0.25, 0.3) is 0 Å². The SMILES string of the molecule is CCCNC(CC1CCOC1)c1c(Br)nnn1C. The summed E-state index contributed by atoms with van der Waals surface area (Å²) in [6, 6.07) is 0.297. The van der Waals surface area contributed by atoms with Gasteiger partial charge in [0.15, 0.2) is 4.60 Å². The van der Waals surface area contributed by atoms with Crippen molar-refractivity contribution in [1.82, 2.24) is 20.3 Å². The Bertz CT molecular complexity index is 357. The quantitative estimate of drug-likeness (QED) is 0.872. The van der Waals surface area contributed by atoms with Crippen LogP contribution in [0.2, 0.25) is 0 Å². The second-order valence-electron chi connectivity index (χ2n) is 4.86. The van der Waals surface area contributed by atoms with Gasteiger partial charge in [0.05, 0.1) is 11.7 Å². The van der Waals surface area contributed by atoms with Gasteiger partial charge < -0.3 is 10.1 Å². The third-order valence-electron chi connectivity index (χ3n) is 3.39. The fraction of sp³-hybridized carbons (Fsp3) is 0.833. The summed E-state index contributed by atoms with van der Waals surface area (Å²) in [4.78, 5) is 0. The fourth-order valence-corrected chi connectivity index (χ4v) is 3.03. The molecule has 0 aliphatic carbocycles. The summed E-state index contributed by atoms with van der Waals surface area (Å²) < 4.78 is 8.16. The van der Waals surface area contributed by atoms with Crippen LogP contribution in [0.15, 0.2) is 4.60 Å². The van der Waals surface area contributed by atoms with Crippen molar-refractivity contribution in [2.24, 2.45) is 13.0 Å². The van der Waals surface area contributed by atoms with E-state index in [1.165, 1.54) is 0 Å². The van der Waals surface area contributed by atoms with Crippen molar-refractivity contribution in [1.29, 1.82) is 0 Å². The van der Waals surface area contributed by atoms with E-state index in [0.717, 1.165) is 49.3 Å². The lowest BCUT2D eigenvalue weighted by molar-refractivity contribution is 0.181. The summed E-state index contributed by atoms with van der Waals surface area (Å²) in [6.07, 6.45) is 3.37. The summed E-state index contributed by atoms with van der Waals surface area (Å²) in [5.74, 6) is 0.640. The van der Waals surface area contributed by atoms with Gasteiger partial charge >= 0.3 is 0 Å². The van der Waals surface area contributed by atoms with E-state index >= 15 is 0 Å². The first-order valence-corrected chi connectivity index (χ1v) is 7.37. The van der Waals surface area contributed by atoms with Crippen LogP contribution in [-0.4, -0.2) is 34.8 Å². The Morgan fingerprint density at radius 2 is 2.44 bits per heavy atom. The number of aryl methyl sites for hydroxylation is 1. The second kappa shape index (κ2) is 6.63. The third-order valence-corrected chi connectivity index (χ3v) is 3.96. The molecule has 0 saturated carbocycles. The van der Waals surface area contributed by atoms with E-state index in [-0.39, 0.29) is 0 Å². The van der Waals surface area contributed by atoms with E-state index in [4.69, 9.17) is 4.74 Å². The zero-order valence-electron chi connectivity index (χ0n) is 11.0. The van der Waals surface area contributed by atoms with Crippen LogP contribution in [0.1, 0.15) is 37.9 Å². The molecule has 5 nitrogen and oxygen atoms in total. The van der Waals surface area contributed by atoms with Crippen LogP contribution in [0.3, 0.4) is 0 Å². The number of hydrogen-bond acceptors (Lipinski definition) is 4. The molecule has 1 fully saturated rings. The highest BCUT2D eigenvalue weighted by Gasteiger charge is 2.25. The Morgan fingerprint density at radius 3 is 3.00 bits per heavy atom. The summed E-state index contributed by atoms with van der Waals surface area (Å²) >= 11 is 3.49. The van der Waals surface area contributed by atoms with E-state index < -0.39 is 0 Å². The highest BCUT2D eigenvalue weighted by Crippen LogP contribution is 2.29. The molecule has 2 unspecified atom stereocenters. The summed E-state index contributed by atoms with van der Waals surface area (Å²) in [6.45, 7) is 4.97. The van der Waals surface area contributed by atoms with Crippen LogP contribution >= 0.6 is 15.9 Å². The molecule has 1 N–H and O–H groups in total. The predicted octanol–water partition coefficient (Wildman–Crippen LogP) is 2.04. The number of halogens is 1. The molecule has 102 valence electrons. The van der Waals surface area contributed by atoms with E-state index in [2.05, 4.69) is 38.5 Å². The highest BCUT2D eigenvalue weighted by molar-refractivity contribution is 9.10. The van der Waals surface area contributed by atoms with Gasteiger partial charge in [0, 0.05) is 20.3 Å². The van der Waals surface area contributed by atoms with Gasteiger partial charge in [0.1, 0.15) is 0 Å². The maximum Gasteiger partial charge on any atom is 0.153 e. The van der Waals surface area contributed by atoms with Crippen molar-refractivity contribution in [3.8, 4) is 0 Å². The lowest BCUT2D eigenvalue weighted by Gasteiger charge is -2.21. The van der Waals surface area contributed by atoms with Gasteiger partial charge in [-0.05, 0) is 47.7 Å². The number of ether oxygens (including phenoxy) is 1. The molecule has 0 amide bonds. The maximum absolute atomic E-state index is 5.46. The first-order valence-electron chi connectivity index (χ1n) is 6.58. The molecule has 2 rings (SSSR count). The summed E-state index contributed by atoms with van der Waals surface area (Å²) in [7, 11) is 1.94. The highest BCUT2D eigenvalue weighted by atomic mass is 79.9. The molecule has 6 heteroatoms. The molecule has 0 spiro atoms. The Balaban J connectivity index is 2.08. The Hall–Kier alpha value is -0.460. The average Bonchev–Trinajstić information content (AvgIpc) is 2.96. The minimum atomic E-state index is 0.297. The minimum Gasteiger partial charge on any atom is -0.381 e. The molecule has 1 aliphatic rings. The lowest BCUT2D eigenvalue weighted by atomic mass is 9.97. The largest absolute Gasteiger partial charge is 0.381 e. The van der Waals surface area contributed by atoms with E-state index in [9.17, 15) is 0 Å². The Kier molecular flexibility index (Phi) is 5.14. The first kappa shape index (κ1) is 14.0. The van der Waals surface area contributed by atoms with Crippen molar-refractivity contribution in [2.75, 3.05) is 19.8 Å². The van der Waals surface area contributed by atoms with E-state index in [0.29, 0.717) is 12.0 Å². The number of nitrogens with one attached hydrogen (secondary N) is 1. The fourth-order valence-electron chi connectivity index (χ4n) is 2.42. The zero-order valence-corrected chi connectivity index (χ0v) is 12.6. The molecule has 1 saturated heterocycles. The zero-order chi connectivity index (χ0) is 13.0. The number of hydrogen-bond donors (Lipinski definition) is 1. The molecule has 0 aromatic carbocycles. The van der Waals surface area contributed by atoms with Crippen LogP contribution in [-0.2, 0) is 11.8 Å². The van der Waals surface area contributed by atoms with Crippen LogP contribution in [0.25, 0.3) is 0 Å². The second-order valence-corrected chi connectivity index (χ2v) is 5.61.